The van der Waals surface area contributed by atoms with Gasteiger partial charge in [-0.2, -0.15) is 0 Å². The first-order chi connectivity index (χ1) is 20.4. The van der Waals surface area contributed by atoms with Crippen molar-refractivity contribution in [1.29, 1.82) is 0 Å². The molecular weight excluding hydrogens is 552 g/mol. The van der Waals surface area contributed by atoms with E-state index < -0.39 is 17.9 Å². The molecule has 4 rings (SSSR count). The smallest absolute Gasteiger partial charge is 0.323 e. The van der Waals surface area contributed by atoms with Gasteiger partial charge in [0.05, 0.1) is 25.2 Å². The molecule has 0 spiro atoms. The van der Waals surface area contributed by atoms with E-state index in [2.05, 4.69) is 17.1 Å². The summed E-state index contributed by atoms with van der Waals surface area (Å²) in [5.41, 5.74) is 2.92. The highest BCUT2D eigenvalue weighted by atomic mass is 16.7. The zero-order chi connectivity index (χ0) is 31.1. The zero-order valence-corrected chi connectivity index (χ0v) is 25.5. The van der Waals surface area contributed by atoms with Crippen molar-refractivity contribution < 1.29 is 38.8 Å². The summed E-state index contributed by atoms with van der Waals surface area (Å²) >= 11 is 0. The third kappa shape index (κ3) is 9.09. The second-order valence-electron chi connectivity index (χ2n) is 12.4. The van der Waals surface area contributed by atoms with Gasteiger partial charge in [-0.05, 0) is 56.8 Å². The molecular formula is C33H44N2O8. The summed E-state index contributed by atoms with van der Waals surface area (Å²) in [5.74, 6) is -1.56. The Hall–Kier alpha value is -3.31. The third-order valence-electron chi connectivity index (χ3n) is 7.89. The predicted octanol–water partition coefficient (Wildman–Crippen LogP) is 4.26. The molecule has 0 unspecified atom stereocenters. The van der Waals surface area contributed by atoms with E-state index in [4.69, 9.17) is 19.3 Å². The number of hydrogen-bond acceptors (Lipinski definition) is 8. The Morgan fingerprint density at radius 2 is 1.63 bits per heavy atom. The molecule has 2 heterocycles. The van der Waals surface area contributed by atoms with Gasteiger partial charge in [0.2, 0.25) is 5.91 Å². The Morgan fingerprint density at radius 1 is 0.977 bits per heavy atom. The summed E-state index contributed by atoms with van der Waals surface area (Å²) < 4.78 is 18.9. The lowest BCUT2D eigenvalue weighted by Crippen LogP contribution is -2.48. The normalized spacial score (nSPS) is 24.4. The quantitative estimate of drug-likeness (QED) is 0.325. The first kappa shape index (κ1) is 32.6. The number of aliphatic hydroxyl groups is 1. The largest absolute Gasteiger partial charge is 0.481 e. The zero-order valence-electron chi connectivity index (χ0n) is 25.5. The molecule has 10 heteroatoms. The molecule has 0 bridgehead atoms. The van der Waals surface area contributed by atoms with E-state index in [-0.39, 0.29) is 62.0 Å². The van der Waals surface area contributed by atoms with Crippen LogP contribution >= 0.6 is 0 Å². The van der Waals surface area contributed by atoms with E-state index in [1.807, 2.05) is 69.3 Å². The molecule has 0 radical (unpaired) electrons. The van der Waals surface area contributed by atoms with Crippen LogP contribution in [0.15, 0.2) is 48.5 Å². The molecule has 1 amide bonds. The molecule has 5 atom stereocenters. The number of carbonyl (C=O) groups is 3. The molecule has 43 heavy (non-hydrogen) atoms. The molecule has 2 aliphatic heterocycles. The van der Waals surface area contributed by atoms with Crippen LogP contribution in [0.25, 0.3) is 0 Å². The Bertz CT molecular complexity index is 1240. The van der Waals surface area contributed by atoms with E-state index in [1.54, 1.807) is 0 Å². The highest BCUT2D eigenvalue weighted by Crippen LogP contribution is 2.42. The van der Waals surface area contributed by atoms with Crippen molar-refractivity contribution in [2.45, 2.75) is 96.7 Å². The van der Waals surface area contributed by atoms with Gasteiger partial charge in [-0.1, -0.05) is 55.5 Å². The average molecular weight is 597 g/mol. The van der Waals surface area contributed by atoms with Gasteiger partial charge in [0.1, 0.15) is 11.6 Å². The summed E-state index contributed by atoms with van der Waals surface area (Å²) in [6, 6.07) is 15.0. The van der Waals surface area contributed by atoms with Gasteiger partial charge in [-0.3, -0.25) is 19.3 Å². The molecule has 2 saturated heterocycles. The number of hydrogen-bond donors (Lipinski definition) is 3. The lowest BCUT2D eigenvalue weighted by molar-refractivity contribution is -0.276. The second kappa shape index (κ2) is 14.4. The minimum Gasteiger partial charge on any atom is -0.481 e. The fraction of sp³-hybridized carbons (Fsp3) is 0.545. The monoisotopic (exact) mass is 596 g/mol. The van der Waals surface area contributed by atoms with Crippen molar-refractivity contribution in [1.82, 2.24) is 10.2 Å². The number of aliphatic carboxylic acids is 1. The summed E-state index contributed by atoms with van der Waals surface area (Å²) in [5, 5.41) is 21.0. The van der Waals surface area contributed by atoms with Gasteiger partial charge in [0.25, 0.3) is 0 Å². The Balaban J connectivity index is 1.50. The number of nitrogens with zero attached hydrogens (tertiary/aromatic N) is 1. The van der Waals surface area contributed by atoms with E-state index in [0.29, 0.717) is 6.54 Å². The average Bonchev–Trinajstić information content (AvgIpc) is 3.44. The van der Waals surface area contributed by atoms with Crippen molar-refractivity contribution in [2.75, 3.05) is 13.1 Å². The van der Waals surface area contributed by atoms with Crippen LogP contribution < -0.4 is 5.32 Å². The van der Waals surface area contributed by atoms with E-state index in [9.17, 15) is 19.5 Å². The highest BCUT2D eigenvalue weighted by Gasteiger charge is 2.42. The van der Waals surface area contributed by atoms with Crippen molar-refractivity contribution >= 4 is 17.8 Å². The Morgan fingerprint density at radius 3 is 2.26 bits per heavy atom. The molecule has 2 aliphatic rings. The third-order valence-corrected chi connectivity index (χ3v) is 7.89. The number of carboxylic acids is 1. The molecule has 0 saturated carbocycles. The van der Waals surface area contributed by atoms with Gasteiger partial charge in [0.15, 0.2) is 6.29 Å². The molecule has 10 nitrogen and oxygen atoms in total. The standard InChI is InChI=1S/C33H44N2O8/c1-21-27(19-35-17-5-6-26(35)31(40)43-33(2,3)4)41-32(42-30(21)24-11-9-23(20-36)10-12-24)25-13-7-22(8-14-25)18-34-28(37)15-16-29(38)39/h7-14,21,26-27,30,32,36H,5-6,15-20H2,1-4H3,(H,34,37)(H,38,39)/t21-,26-,27+,30+,32+/m0/s1. The van der Waals surface area contributed by atoms with Gasteiger partial charge < -0.3 is 29.7 Å². The summed E-state index contributed by atoms with van der Waals surface area (Å²) in [6.45, 7) is 9.31. The predicted molar refractivity (Wildman–Crippen MR) is 159 cm³/mol. The number of rotatable bonds is 11. The molecule has 0 aromatic heterocycles. The summed E-state index contributed by atoms with van der Waals surface area (Å²) in [4.78, 5) is 37.8. The first-order valence-corrected chi connectivity index (χ1v) is 15.0. The number of carbonyl (C=O) groups excluding carboxylic acids is 2. The van der Waals surface area contributed by atoms with Crippen LogP contribution in [0.4, 0.5) is 0 Å². The van der Waals surface area contributed by atoms with Crippen LogP contribution in [-0.4, -0.2) is 63.8 Å². The van der Waals surface area contributed by atoms with Gasteiger partial charge in [-0.15, -0.1) is 0 Å². The van der Waals surface area contributed by atoms with Crippen molar-refractivity contribution in [3.05, 3.63) is 70.8 Å². The second-order valence-corrected chi connectivity index (χ2v) is 12.4. The van der Waals surface area contributed by atoms with Crippen LogP contribution in [0.1, 0.15) is 88.0 Å². The topological polar surface area (TPSA) is 135 Å². The van der Waals surface area contributed by atoms with Gasteiger partial charge in [-0.25, -0.2) is 0 Å². The maximum atomic E-state index is 13.0. The summed E-state index contributed by atoms with van der Waals surface area (Å²) in [7, 11) is 0. The molecule has 2 fully saturated rings. The number of carboxylic acid groups (broad SMARTS) is 1. The van der Waals surface area contributed by atoms with Crippen LogP contribution in [0.3, 0.4) is 0 Å². The molecule has 234 valence electrons. The number of amides is 1. The maximum absolute atomic E-state index is 13.0. The fourth-order valence-electron chi connectivity index (χ4n) is 5.54. The number of esters is 1. The number of nitrogens with one attached hydrogen (secondary N) is 1. The lowest BCUT2D eigenvalue weighted by atomic mass is 9.90. The highest BCUT2D eigenvalue weighted by molar-refractivity contribution is 5.80. The maximum Gasteiger partial charge on any atom is 0.323 e. The van der Waals surface area contributed by atoms with E-state index in [0.717, 1.165) is 41.6 Å². The molecule has 3 N–H and O–H groups in total. The van der Waals surface area contributed by atoms with Crippen molar-refractivity contribution in [3.63, 3.8) is 0 Å². The number of likely N-dealkylation sites (tertiary alicyclic amines) is 1. The minimum absolute atomic E-state index is 0.0311. The van der Waals surface area contributed by atoms with Crippen LogP contribution in [0, 0.1) is 5.92 Å². The molecule has 2 aromatic rings. The molecule has 2 aromatic carbocycles. The number of aliphatic hydroxyl groups excluding tert-OH is 1. The van der Waals surface area contributed by atoms with E-state index in [1.165, 1.54) is 0 Å². The van der Waals surface area contributed by atoms with E-state index >= 15 is 0 Å². The summed E-state index contributed by atoms with van der Waals surface area (Å²) in [6.07, 6.45) is 0.195. The van der Waals surface area contributed by atoms with Gasteiger partial charge in [0, 0.05) is 31.0 Å². The van der Waals surface area contributed by atoms with Gasteiger partial charge >= 0.3 is 11.9 Å². The Kier molecular flexibility index (Phi) is 10.9. The van der Waals surface area contributed by atoms with Crippen LogP contribution in [0.5, 0.6) is 0 Å². The number of benzene rings is 2. The minimum atomic E-state index is -1.01. The van der Waals surface area contributed by atoms with Crippen molar-refractivity contribution in [2.24, 2.45) is 5.92 Å². The van der Waals surface area contributed by atoms with Crippen LogP contribution in [0.2, 0.25) is 0 Å². The first-order valence-electron chi connectivity index (χ1n) is 15.0. The Labute approximate surface area is 253 Å². The fourth-order valence-corrected chi connectivity index (χ4v) is 5.54. The molecule has 0 aliphatic carbocycles. The lowest BCUT2D eigenvalue weighted by Gasteiger charge is -2.43. The number of ether oxygens (including phenoxy) is 3. The van der Waals surface area contributed by atoms with Crippen LogP contribution in [-0.2, 0) is 41.7 Å². The van der Waals surface area contributed by atoms with Crippen molar-refractivity contribution in [3.8, 4) is 0 Å². The SMILES string of the molecule is C[C@H]1[C@@H](CN2CCC[C@H]2C(=O)OC(C)(C)C)O[C@@H](c2ccc(CNC(=O)CCC(=O)O)cc2)O[C@H]1c1ccc(CO)cc1.